The Morgan fingerprint density at radius 1 is 1.35 bits per heavy atom. The van der Waals surface area contributed by atoms with Crippen LogP contribution in [0.5, 0.6) is 5.75 Å². The van der Waals surface area contributed by atoms with Crippen LogP contribution in [0.1, 0.15) is 23.5 Å². The Hall–Kier alpha value is -2.36. The number of carbonyl (C=O) groups is 1. The first-order valence-electron chi connectivity index (χ1n) is 6.46. The van der Waals surface area contributed by atoms with Crippen molar-refractivity contribution >= 4 is 5.97 Å². The van der Waals surface area contributed by atoms with Crippen molar-refractivity contribution in [3.63, 3.8) is 0 Å². The van der Waals surface area contributed by atoms with Crippen molar-refractivity contribution in [3.8, 4) is 5.75 Å². The van der Waals surface area contributed by atoms with Crippen molar-refractivity contribution in [2.24, 2.45) is 0 Å². The lowest BCUT2D eigenvalue weighted by Gasteiger charge is -2.12. The van der Waals surface area contributed by atoms with Crippen LogP contribution in [0.2, 0.25) is 0 Å². The maximum atomic E-state index is 11.4. The van der Waals surface area contributed by atoms with Gasteiger partial charge < -0.3 is 9.84 Å². The fourth-order valence-corrected chi connectivity index (χ4v) is 2.15. The summed E-state index contributed by atoms with van der Waals surface area (Å²) in [7, 11) is 1.62. The molecule has 0 bridgehead atoms. The van der Waals surface area contributed by atoms with Gasteiger partial charge in [0, 0.05) is 12.4 Å². The molecule has 1 aromatic carbocycles. The zero-order valence-corrected chi connectivity index (χ0v) is 11.3. The van der Waals surface area contributed by atoms with Crippen molar-refractivity contribution in [1.29, 1.82) is 0 Å². The number of ether oxygens (including phenoxy) is 1. The van der Waals surface area contributed by atoms with Crippen molar-refractivity contribution < 1.29 is 14.6 Å². The molecule has 0 amide bonds. The summed E-state index contributed by atoms with van der Waals surface area (Å²) < 4.78 is 5.17. The molecule has 0 spiro atoms. The smallest absolute Gasteiger partial charge is 0.311 e. The van der Waals surface area contributed by atoms with Gasteiger partial charge in [0.1, 0.15) is 5.75 Å². The minimum absolute atomic E-state index is 0.532. The second-order valence-corrected chi connectivity index (χ2v) is 4.57. The lowest BCUT2D eigenvalue weighted by atomic mass is 9.93. The van der Waals surface area contributed by atoms with E-state index in [4.69, 9.17) is 4.74 Å². The predicted octanol–water partition coefficient (Wildman–Crippen LogP) is 2.89. The van der Waals surface area contributed by atoms with Crippen LogP contribution in [-0.4, -0.2) is 23.2 Å². The van der Waals surface area contributed by atoms with E-state index < -0.39 is 11.9 Å². The number of pyridine rings is 1. The number of benzene rings is 1. The Kier molecular flexibility index (Phi) is 4.71. The predicted molar refractivity (Wildman–Crippen MR) is 75.9 cm³/mol. The molecular formula is C16H17NO3. The number of hydrogen-bond donors (Lipinski definition) is 1. The molecule has 0 aliphatic rings. The van der Waals surface area contributed by atoms with E-state index in [0.29, 0.717) is 12.8 Å². The average molecular weight is 271 g/mol. The maximum Gasteiger partial charge on any atom is 0.311 e. The lowest BCUT2D eigenvalue weighted by molar-refractivity contribution is -0.138. The lowest BCUT2D eigenvalue weighted by Crippen LogP contribution is -2.12. The molecular weight excluding hydrogens is 254 g/mol. The third-order valence-corrected chi connectivity index (χ3v) is 3.24. The molecule has 0 aliphatic heterocycles. The highest BCUT2D eigenvalue weighted by molar-refractivity contribution is 5.75. The van der Waals surface area contributed by atoms with Crippen molar-refractivity contribution in [2.45, 2.75) is 18.8 Å². The zero-order valence-electron chi connectivity index (χ0n) is 11.3. The topological polar surface area (TPSA) is 59.4 Å². The van der Waals surface area contributed by atoms with E-state index in [1.807, 2.05) is 24.3 Å². The molecule has 0 saturated carbocycles. The molecule has 0 saturated heterocycles. The first kappa shape index (κ1) is 14.1. The van der Waals surface area contributed by atoms with Gasteiger partial charge in [-0.1, -0.05) is 18.2 Å². The van der Waals surface area contributed by atoms with Gasteiger partial charge in [-0.25, -0.2) is 0 Å². The van der Waals surface area contributed by atoms with Crippen LogP contribution in [0.25, 0.3) is 0 Å². The molecule has 1 N–H and O–H groups in total. The largest absolute Gasteiger partial charge is 0.497 e. The second-order valence-electron chi connectivity index (χ2n) is 4.57. The van der Waals surface area contributed by atoms with Crippen LogP contribution >= 0.6 is 0 Å². The Morgan fingerprint density at radius 3 is 2.85 bits per heavy atom. The fourth-order valence-electron chi connectivity index (χ4n) is 2.15. The highest BCUT2D eigenvalue weighted by Gasteiger charge is 2.19. The van der Waals surface area contributed by atoms with Gasteiger partial charge >= 0.3 is 5.97 Å². The molecule has 4 nitrogen and oxygen atoms in total. The number of aliphatic carboxylic acids is 1. The summed E-state index contributed by atoms with van der Waals surface area (Å²) in [5, 5.41) is 9.35. The summed E-state index contributed by atoms with van der Waals surface area (Å²) in [5.74, 6) is -0.563. The molecule has 0 radical (unpaired) electrons. The second kappa shape index (κ2) is 6.70. The highest BCUT2D eigenvalue weighted by Crippen LogP contribution is 2.22. The van der Waals surface area contributed by atoms with E-state index in [-0.39, 0.29) is 0 Å². The van der Waals surface area contributed by atoms with Crippen LogP contribution in [0.3, 0.4) is 0 Å². The number of carboxylic acids is 1. The molecule has 0 unspecified atom stereocenters. The van der Waals surface area contributed by atoms with Crippen molar-refractivity contribution in [3.05, 3.63) is 59.9 Å². The summed E-state index contributed by atoms with van der Waals surface area (Å²) in [5.41, 5.74) is 1.81. The molecule has 1 atom stereocenters. The van der Waals surface area contributed by atoms with E-state index >= 15 is 0 Å². The Morgan fingerprint density at radius 2 is 2.20 bits per heavy atom. The van der Waals surface area contributed by atoms with E-state index in [0.717, 1.165) is 16.9 Å². The summed E-state index contributed by atoms with van der Waals surface area (Å²) in [6.45, 7) is 0. The van der Waals surface area contributed by atoms with Crippen LogP contribution in [-0.2, 0) is 11.2 Å². The summed E-state index contributed by atoms with van der Waals surface area (Å²) in [4.78, 5) is 15.4. The normalized spacial score (nSPS) is 11.8. The van der Waals surface area contributed by atoms with Crippen LogP contribution in [0.4, 0.5) is 0 Å². The molecule has 20 heavy (non-hydrogen) atoms. The third-order valence-electron chi connectivity index (χ3n) is 3.24. The molecule has 104 valence electrons. The van der Waals surface area contributed by atoms with Gasteiger partial charge in [0.15, 0.2) is 0 Å². The quantitative estimate of drug-likeness (QED) is 0.877. The number of aryl methyl sites for hydroxylation is 1. The number of rotatable bonds is 6. The molecule has 4 heteroatoms. The summed E-state index contributed by atoms with van der Waals surface area (Å²) in [6, 6.07) is 11.3. The van der Waals surface area contributed by atoms with E-state index in [2.05, 4.69) is 4.98 Å². The van der Waals surface area contributed by atoms with Crippen molar-refractivity contribution in [1.82, 2.24) is 4.98 Å². The zero-order chi connectivity index (χ0) is 14.4. The molecule has 2 aromatic rings. The van der Waals surface area contributed by atoms with Gasteiger partial charge in [-0.3, -0.25) is 9.78 Å². The molecule has 1 aromatic heterocycles. The Labute approximate surface area is 118 Å². The minimum atomic E-state index is -0.819. The number of aromatic nitrogens is 1. The first-order valence-corrected chi connectivity index (χ1v) is 6.46. The van der Waals surface area contributed by atoms with Gasteiger partial charge in [-0.15, -0.1) is 0 Å². The number of methoxy groups -OCH3 is 1. The van der Waals surface area contributed by atoms with Crippen LogP contribution in [0, 0.1) is 0 Å². The van der Waals surface area contributed by atoms with Gasteiger partial charge in [-0.2, -0.15) is 0 Å². The highest BCUT2D eigenvalue weighted by atomic mass is 16.5. The van der Waals surface area contributed by atoms with Crippen molar-refractivity contribution in [2.75, 3.05) is 7.11 Å². The van der Waals surface area contributed by atoms with Crippen LogP contribution < -0.4 is 4.74 Å². The number of nitrogens with zero attached hydrogens (tertiary/aromatic N) is 1. The monoisotopic (exact) mass is 271 g/mol. The van der Waals surface area contributed by atoms with Gasteiger partial charge in [0.25, 0.3) is 0 Å². The molecule has 1 heterocycles. The maximum absolute atomic E-state index is 11.4. The van der Waals surface area contributed by atoms with E-state index in [1.165, 1.54) is 0 Å². The van der Waals surface area contributed by atoms with Gasteiger partial charge in [0.05, 0.1) is 13.0 Å². The summed E-state index contributed by atoms with van der Waals surface area (Å²) in [6.07, 6.45) is 4.48. The average Bonchev–Trinajstić information content (AvgIpc) is 2.48. The number of carboxylic acid groups (broad SMARTS) is 1. The minimum Gasteiger partial charge on any atom is -0.497 e. The number of hydrogen-bond acceptors (Lipinski definition) is 3. The fraction of sp³-hybridized carbons (Fsp3) is 0.250. The summed E-state index contributed by atoms with van der Waals surface area (Å²) >= 11 is 0. The third kappa shape index (κ3) is 3.57. The van der Waals surface area contributed by atoms with Crippen LogP contribution in [0.15, 0.2) is 48.8 Å². The molecule has 0 aliphatic carbocycles. The standard InChI is InChI=1S/C16H17NO3/c1-20-14-6-2-4-12(10-14)7-8-15(16(18)19)13-5-3-9-17-11-13/h2-6,9-11,15H,7-8H2,1H3,(H,18,19)/t15-/m0/s1. The Bertz CT molecular complexity index is 569. The first-order chi connectivity index (χ1) is 9.70. The SMILES string of the molecule is COc1cccc(CC[C@H](C(=O)O)c2cccnc2)c1. The Balaban J connectivity index is 2.08. The van der Waals surface area contributed by atoms with E-state index in [1.54, 1.807) is 31.6 Å². The van der Waals surface area contributed by atoms with Gasteiger partial charge in [0.2, 0.25) is 0 Å². The van der Waals surface area contributed by atoms with Gasteiger partial charge in [-0.05, 0) is 42.2 Å². The van der Waals surface area contributed by atoms with E-state index in [9.17, 15) is 9.90 Å². The molecule has 2 rings (SSSR count). The molecule has 0 fully saturated rings.